The van der Waals surface area contributed by atoms with Crippen molar-refractivity contribution < 1.29 is 14.3 Å². The molecule has 2 rings (SSSR count). The predicted octanol–water partition coefficient (Wildman–Crippen LogP) is 3.30. The Morgan fingerprint density at radius 1 is 0.857 bits per heavy atom. The van der Waals surface area contributed by atoms with Gasteiger partial charge in [-0.1, -0.05) is 36.4 Å². The molecule has 0 radical (unpaired) electrons. The Hall–Kier alpha value is -2.62. The third kappa shape index (κ3) is 3.92. The second kappa shape index (κ2) is 7.24. The Labute approximate surface area is 124 Å². The average molecular weight is 283 g/mol. The van der Waals surface area contributed by atoms with Crippen molar-refractivity contribution in [1.82, 2.24) is 0 Å². The third-order valence-corrected chi connectivity index (χ3v) is 3.05. The Bertz CT molecular complexity index is 556. The number of methoxy groups -OCH3 is 1. The molecule has 108 valence electrons. The minimum absolute atomic E-state index is 0.0749. The van der Waals surface area contributed by atoms with Crippen LogP contribution in [0.2, 0.25) is 0 Å². The standard InChI is InChI=1S/C17H17NO3/c1-21-17(20)13-12-16(19)18(14-8-4-2-5-9-14)15-10-6-3-7-11-15/h2-11H,12-13H2,1H3. The van der Waals surface area contributed by atoms with Crippen LogP contribution in [0.25, 0.3) is 0 Å². The Morgan fingerprint density at radius 2 is 1.33 bits per heavy atom. The molecule has 4 nitrogen and oxygen atoms in total. The molecular formula is C17H17NO3. The molecule has 0 fully saturated rings. The number of ether oxygens (including phenoxy) is 1. The van der Waals surface area contributed by atoms with E-state index < -0.39 is 0 Å². The average Bonchev–Trinajstić information content (AvgIpc) is 2.55. The van der Waals surface area contributed by atoms with E-state index in [0.717, 1.165) is 11.4 Å². The van der Waals surface area contributed by atoms with Gasteiger partial charge in [0.2, 0.25) is 5.91 Å². The van der Waals surface area contributed by atoms with Crippen LogP contribution < -0.4 is 4.90 Å². The fourth-order valence-corrected chi connectivity index (χ4v) is 2.01. The molecule has 21 heavy (non-hydrogen) atoms. The molecule has 0 aliphatic heterocycles. The van der Waals surface area contributed by atoms with Crippen molar-refractivity contribution in [3.63, 3.8) is 0 Å². The zero-order valence-corrected chi connectivity index (χ0v) is 11.9. The minimum atomic E-state index is -0.385. The lowest BCUT2D eigenvalue weighted by Crippen LogP contribution is -2.26. The number of para-hydroxylation sites is 2. The second-order valence-corrected chi connectivity index (χ2v) is 4.48. The second-order valence-electron chi connectivity index (χ2n) is 4.48. The highest BCUT2D eigenvalue weighted by Gasteiger charge is 2.18. The molecule has 0 saturated heterocycles. The number of amides is 1. The Balaban J connectivity index is 2.25. The van der Waals surface area contributed by atoms with Gasteiger partial charge in [0.1, 0.15) is 0 Å². The number of carbonyl (C=O) groups is 2. The summed E-state index contributed by atoms with van der Waals surface area (Å²) < 4.78 is 4.58. The third-order valence-electron chi connectivity index (χ3n) is 3.05. The number of nitrogens with zero attached hydrogens (tertiary/aromatic N) is 1. The number of hydrogen-bond donors (Lipinski definition) is 0. The number of anilines is 2. The molecule has 0 aliphatic carbocycles. The highest BCUT2D eigenvalue weighted by atomic mass is 16.5. The van der Waals surface area contributed by atoms with Gasteiger partial charge >= 0.3 is 5.97 Å². The molecule has 0 aliphatic rings. The molecule has 0 aromatic heterocycles. The highest BCUT2D eigenvalue weighted by Crippen LogP contribution is 2.26. The first kappa shape index (κ1) is 14.8. The van der Waals surface area contributed by atoms with Crippen LogP contribution in [0.1, 0.15) is 12.8 Å². The fraction of sp³-hybridized carbons (Fsp3) is 0.176. The number of esters is 1. The topological polar surface area (TPSA) is 46.6 Å². The maximum absolute atomic E-state index is 12.5. The van der Waals surface area contributed by atoms with Crippen molar-refractivity contribution in [3.8, 4) is 0 Å². The van der Waals surface area contributed by atoms with E-state index in [9.17, 15) is 9.59 Å². The van der Waals surface area contributed by atoms with Crippen molar-refractivity contribution in [2.24, 2.45) is 0 Å². The summed E-state index contributed by atoms with van der Waals surface area (Å²) in [5, 5.41) is 0. The van der Waals surface area contributed by atoms with Gasteiger partial charge in [-0.2, -0.15) is 0 Å². The lowest BCUT2D eigenvalue weighted by molar-refractivity contribution is -0.141. The molecule has 4 heteroatoms. The summed E-state index contributed by atoms with van der Waals surface area (Å²) in [7, 11) is 1.32. The van der Waals surface area contributed by atoms with Crippen LogP contribution in [0.15, 0.2) is 60.7 Å². The molecule has 0 saturated carbocycles. The van der Waals surface area contributed by atoms with E-state index in [-0.39, 0.29) is 24.7 Å². The number of benzene rings is 2. The van der Waals surface area contributed by atoms with Crippen LogP contribution in [-0.2, 0) is 14.3 Å². The number of rotatable bonds is 5. The first-order valence-electron chi connectivity index (χ1n) is 6.72. The van der Waals surface area contributed by atoms with E-state index in [1.807, 2.05) is 60.7 Å². The summed E-state index contributed by atoms with van der Waals surface area (Å²) in [6.45, 7) is 0. The van der Waals surface area contributed by atoms with E-state index in [2.05, 4.69) is 4.74 Å². The molecule has 0 unspecified atom stereocenters. The lowest BCUT2D eigenvalue weighted by Gasteiger charge is -2.23. The van der Waals surface area contributed by atoms with E-state index in [0.29, 0.717) is 0 Å². The van der Waals surface area contributed by atoms with Gasteiger partial charge in [-0.3, -0.25) is 14.5 Å². The van der Waals surface area contributed by atoms with Gasteiger partial charge in [0.05, 0.1) is 13.5 Å². The smallest absolute Gasteiger partial charge is 0.306 e. The molecule has 2 aromatic rings. The van der Waals surface area contributed by atoms with Gasteiger partial charge < -0.3 is 4.74 Å². The van der Waals surface area contributed by atoms with Crippen LogP contribution in [-0.4, -0.2) is 19.0 Å². The van der Waals surface area contributed by atoms with Crippen molar-refractivity contribution in [2.75, 3.05) is 12.0 Å². The molecule has 2 aromatic carbocycles. The van der Waals surface area contributed by atoms with E-state index >= 15 is 0 Å². The summed E-state index contributed by atoms with van der Waals surface area (Å²) in [5.74, 6) is -0.526. The fourth-order valence-electron chi connectivity index (χ4n) is 2.01. The van der Waals surface area contributed by atoms with Crippen molar-refractivity contribution >= 4 is 23.3 Å². The monoisotopic (exact) mass is 283 g/mol. The Morgan fingerprint density at radius 3 is 1.76 bits per heavy atom. The van der Waals surface area contributed by atoms with Crippen LogP contribution in [0, 0.1) is 0 Å². The van der Waals surface area contributed by atoms with E-state index in [4.69, 9.17) is 0 Å². The first-order valence-corrected chi connectivity index (χ1v) is 6.72. The number of hydrogen-bond acceptors (Lipinski definition) is 3. The maximum atomic E-state index is 12.5. The van der Waals surface area contributed by atoms with Crippen LogP contribution in [0.4, 0.5) is 11.4 Å². The lowest BCUT2D eigenvalue weighted by atomic mass is 10.2. The van der Waals surface area contributed by atoms with E-state index in [1.54, 1.807) is 4.90 Å². The maximum Gasteiger partial charge on any atom is 0.306 e. The number of carbonyl (C=O) groups excluding carboxylic acids is 2. The van der Waals surface area contributed by atoms with Gasteiger partial charge in [-0.25, -0.2) is 0 Å². The summed E-state index contributed by atoms with van der Waals surface area (Å²) >= 11 is 0. The minimum Gasteiger partial charge on any atom is -0.469 e. The first-order chi connectivity index (χ1) is 10.2. The summed E-state index contributed by atoms with van der Waals surface area (Å²) in [6, 6.07) is 18.7. The van der Waals surface area contributed by atoms with Gasteiger partial charge in [0.15, 0.2) is 0 Å². The zero-order chi connectivity index (χ0) is 15.1. The largest absolute Gasteiger partial charge is 0.469 e. The normalized spacial score (nSPS) is 9.95. The summed E-state index contributed by atoms with van der Waals surface area (Å²) in [4.78, 5) is 25.3. The van der Waals surface area contributed by atoms with Gasteiger partial charge in [-0.05, 0) is 24.3 Å². The Kier molecular flexibility index (Phi) is 5.10. The summed E-state index contributed by atoms with van der Waals surface area (Å²) in [5.41, 5.74) is 1.55. The van der Waals surface area contributed by atoms with Crippen molar-refractivity contribution in [3.05, 3.63) is 60.7 Å². The quantitative estimate of drug-likeness (QED) is 0.791. The van der Waals surface area contributed by atoms with Gasteiger partial charge in [0, 0.05) is 17.8 Å². The van der Waals surface area contributed by atoms with E-state index in [1.165, 1.54) is 7.11 Å². The van der Waals surface area contributed by atoms with Crippen LogP contribution in [0.5, 0.6) is 0 Å². The molecule has 0 heterocycles. The molecule has 0 spiro atoms. The molecule has 0 bridgehead atoms. The molecule has 0 atom stereocenters. The predicted molar refractivity (Wildman–Crippen MR) is 81.3 cm³/mol. The van der Waals surface area contributed by atoms with Crippen molar-refractivity contribution in [2.45, 2.75) is 12.8 Å². The van der Waals surface area contributed by atoms with Gasteiger partial charge in [-0.15, -0.1) is 0 Å². The van der Waals surface area contributed by atoms with Crippen LogP contribution >= 0.6 is 0 Å². The molecule has 1 amide bonds. The molecule has 0 N–H and O–H groups in total. The molecular weight excluding hydrogens is 266 g/mol. The SMILES string of the molecule is COC(=O)CCC(=O)N(c1ccccc1)c1ccccc1. The zero-order valence-electron chi connectivity index (χ0n) is 11.9. The highest BCUT2D eigenvalue weighted by molar-refractivity contribution is 6.01. The van der Waals surface area contributed by atoms with Crippen molar-refractivity contribution in [1.29, 1.82) is 0 Å². The van der Waals surface area contributed by atoms with Crippen LogP contribution in [0.3, 0.4) is 0 Å². The van der Waals surface area contributed by atoms with Gasteiger partial charge in [0.25, 0.3) is 0 Å². The summed E-state index contributed by atoms with van der Waals surface area (Å²) in [6.07, 6.45) is 0.183.